The minimum Gasteiger partial charge on any atom is -0.466 e. The third kappa shape index (κ3) is 16.0. The first-order chi connectivity index (χ1) is 9.81. The number of hydrogen-bond acceptors (Lipinski definition) is 2. The third-order valence-corrected chi connectivity index (χ3v) is 4.09. The molecule has 0 atom stereocenters. The van der Waals surface area contributed by atoms with Crippen molar-refractivity contribution in [2.75, 3.05) is 11.9 Å². The fourth-order valence-electron chi connectivity index (χ4n) is 2.21. The average Bonchev–Trinajstić information content (AvgIpc) is 2.45. The monoisotopic (exact) mass is 348 g/mol. The SMILES string of the molecule is CCCCCCCCC(=O)OCCCCCCCCBr. The number of esters is 1. The van der Waals surface area contributed by atoms with Crippen LogP contribution in [0.5, 0.6) is 0 Å². The molecule has 0 fully saturated rings. The van der Waals surface area contributed by atoms with Gasteiger partial charge in [-0.15, -0.1) is 0 Å². The largest absolute Gasteiger partial charge is 0.466 e. The van der Waals surface area contributed by atoms with Crippen LogP contribution in [0.25, 0.3) is 0 Å². The molecule has 0 aromatic carbocycles. The van der Waals surface area contributed by atoms with E-state index in [-0.39, 0.29) is 5.97 Å². The number of hydrogen-bond donors (Lipinski definition) is 0. The van der Waals surface area contributed by atoms with E-state index in [0.717, 1.165) is 18.2 Å². The molecule has 120 valence electrons. The summed E-state index contributed by atoms with van der Waals surface area (Å²) in [6, 6.07) is 0. The standard InChI is InChI=1S/C17H33BrO2/c1-2-3-4-5-8-11-14-17(19)20-16-13-10-7-6-9-12-15-18/h2-16H2,1H3. The topological polar surface area (TPSA) is 26.3 Å². The highest BCUT2D eigenvalue weighted by Crippen LogP contribution is 2.09. The molecule has 20 heavy (non-hydrogen) atoms. The van der Waals surface area contributed by atoms with Crippen LogP contribution in [0.3, 0.4) is 0 Å². The zero-order valence-electron chi connectivity index (χ0n) is 13.3. The van der Waals surface area contributed by atoms with Crippen molar-refractivity contribution in [3.05, 3.63) is 0 Å². The maximum atomic E-state index is 11.5. The average molecular weight is 349 g/mol. The molecule has 0 aliphatic carbocycles. The van der Waals surface area contributed by atoms with Gasteiger partial charge < -0.3 is 4.74 Å². The Morgan fingerprint density at radius 3 is 2.00 bits per heavy atom. The zero-order chi connectivity index (χ0) is 14.9. The van der Waals surface area contributed by atoms with Crippen LogP contribution in [0.15, 0.2) is 0 Å². The molecular formula is C17H33BrO2. The molecule has 3 heteroatoms. The molecule has 0 aromatic rings. The molecule has 0 N–H and O–H groups in total. The van der Waals surface area contributed by atoms with Gasteiger partial charge in [-0.3, -0.25) is 4.79 Å². The second kappa shape index (κ2) is 17.0. The van der Waals surface area contributed by atoms with Gasteiger partial charge in [0.1, 0.15) is 0 Å². The Morgan fingerprint density at radius 1 is 0.800 bits per heavy atom. The Balaban J connectivity index is 3.12. The minimum atomic E-state index is -0.000203. The summed E-state index contributed by atoms with van der Waals surface area (Å²) in [6.07, 6.45) is 15.3. The molecule has 0 aliphatic heterocycles. The van der Waals surface area contributed by atoms with Crippen LogP contribution in [0, 0.1) is 0 Å². The second-order valence-electron chi connectivity index (χ2n) is 5.55. The number of carbonyl (C=O) groups is 1. The molecule has 0 bridgehead atoms. The Labute approximate surface area is 134 Å². The van der Waals surface area contributed by atoms with Crippen LogP contribution in [0.1, 0.15) is 90.4 Å². The van der Waals surface area contributed by atoms with Crippen molar-refractivity contribution in [1.82, 2.24) is 0 Å². The molecule has 0 aliphatic rings. The number of halogens is 1. The lowest BCUT2D eigenvalue weighted by molar-refractivity contribution is -0.143. The van der Waals surface area contributed by atoms with Crippen molar-refractivity contribution in [2.45, 2.75) is 90.4 Å². The quantitative estimate of drug-likeness (QED) is 0.205. The predicted molar refractivity (Wildman–Crippen MR) is 90.4 cm³/mol. The summed E-state index contributed by atoms with van der Waals surface area (Å²) in [5.74, 6) is -0.000203. The molecule has 0 saturated carbocycles. The van der Waals surface area contributed by atoms with E-state index in [2.05, 4.69) is 22.9 Å². The van der Waals surface area contributed by atoms with Gasteiger partial charge >= 0.3 is 5.97 Å². The number of carbonyl (C=O) groups excluding carboxylic acids is 1. The van der Waals surface area contributed by atoms with E-state index in [1.54, 1.807) is 0 Å². The van der Waals surface area contributed by atoms with E-state index in [1.807, 2.05) is 0 Å². The van der Waals surface area contributed by atoms with E-state index in [9.17, 15) is 4.79 Å². The van der Waals surface area contributed by atoms with Gasteiger partial charge in [-0.2, -0.15) is 0 Å². The van der Waals surface area contributed by atoms with Crippen molar-refractivity contribution < 1.29 is 9.53 Å². The summed E-state index contributed by atoms with van der Waals surface area (Å²) in [7, 11) is 0. The van der Waals surface area contributed by atoms with E-state index in [1.165, 1.54) is 64.2 Å². The van der Waals surface area contributed by atoms with Gasteiger partial charge in [0, 0.05) is 11.8 Å². The summed E-state index contributed by atoms with van der Waals surface area (Å²) >= 11 is 3.44. The molecule has 0 rings (SSSR count). The molecule has 0 aromatic heterocycles. The van der Waals surface area contributed by atoms with Gasteiger partial charge in [0.15, 0.2) is 0 Å². The van der Waals surface area contributed by atoms with Crippen LogP contribution in [0.2, 0.25) is 0 Å². The molecule has 0 heterocycles. The molecule has 0 saturated heterocycles. The van der Waals surface area contributed by atoms with Crippen molar-refractivity contribution in [3.8, 4) is 0 Å². The second-order valence-corrected chi connectivity index (χ2v) is 6.34. The van der Waals surface area contributed by atoms with E-state index >= 15 is 0 Å². The normalized spacial score (nSPS) is 10.7. The Bertz CT molecular complexity index is 207. The highest BCUT2D eigenvalue weighted by molar-refractivity contribution is 9.09. The minimum absolute atomic E-state index is 0.000203. The van der Waals surface area contributed by atoms with E-state index in [0.29, 0.717) is 13.0 Å². The highest BCUT2D eigenvalue weighted by Gasteiger charge is 2.02. The molecular weight excluding hydrogens is 316 g/mol. The lowest BCUT2D eigenvalue weighted by Crippen LogP contribution is -2.05. The highest BCUT2D eigenvalue weighted by atomic mass is 79.9. The van der Waals surface area contributed by atoms with Gasteiger partial charge in [-0.05, 0) is 19.3 Å². The van der Waals surface area contributed by atoms with Crippen molar-refractivity contribution in [1.29, 1.82) is 0 Å². The molecule has 2 nitrogen and oxygen atoms in total. The first-order valence-electron chi connectivity index (χ1n) is 8.52. The van der Waals surface area contributed by atoms with Gasteiger partial charge in [0.05, 0.1) is 6.61 Å². The van der Waals surface area contributed by atoms with E-state index in [4.69, 9.17) is 4.74 Å². The molecule has 0 amide bonds. The van der Waals surface area contributed by atoms with Gasteiger partial charge in [-0.25, -0.2) is 0 Å². The number of alkyl halides is 1. The first-order valence-corrected chi connectivity index (χ1v) is 9.65. The number of unbranched alkanes of at least 4 members (excludes halogenated alkanes) is 10. The molecule has 0 unspecified atom stereocenters. The molecule has 0 radical (unpaired) electrons. The summed E-state index contributed by atoms with van der Waals surface area (Å²) < 4.78 is 5.25. The Morgan fingerprint density at radius 2 is 1.35 bits per heavy atom. The maximum absolute atomic E-state index is 11.5. The predicted octanol–water partition coefficient (Wildman–Crippen LogP) is 6.02. The van der Waals surface area contributed by atoms with Crippen LogP contribution < -0.4 is 0 Å². The fraction of sp³-hybridized carbons (Fsp3) is 0.941. The van der Waals surface area contributed by atoms with Crippen molar-refractivity contribution in [3.63, 3.8) is 0 Å². The fourth-order valence-corrected chi connectivity index (χ4v) is 2.61. The number of rotatable bonds is 15. The summed E-state index contributed by atoms with van der Waals surface area (Å²) in [6.45, 7) is 2.84. The molecule has 0 spiro atoms. The lowest BCUT2D eigenvalue weighted by Gasteiger charge is -2.05. The summed E-state index contributed by atoms with van der Waals surface area (Å²) in [4.78, 5) is 11.5. The van der Waals surface area contributed by atoms with E-state index < -0.39 is 0 Å². The van der Waals surface area contributed by atoms with Crippen LogP contribution in [0.4, 0.5) is 0 Å². The van der Waals surface area contributed by atoms with Crippen LogP contribution in [-0.2, 0) is 9.53 Å². The zero-order valence-corrected chi connectivity index (χ0v) is 14.9. The van der Waals surface area contributed by atoms with Crippen molar-refractivity contribution in [2.24, 2.45) is 0 Å². The summed E-state index contributed by atoms with van der Waals surface area (Å²) in [5, 5.41) is 1.11. The lowest BCUT2D eigenvalue weighted by atomic mass is 10.1. The van der Waals surface area contributed by atoms with Crippen LogP contribution in [-0.4, -0.2) is 17.9 Å². The van der Waals surface area contributed by atoms with Crippen LogP contribution >= 0.6 is 15.9 Å². The Kier molecular flexibility index (Phi) is 17.0. The smallest absolute Gasteiger partial charge is 0.305 e. The first kappa shape index (κ1) is 19.9. The summed E-state index contributed by atoms with van der Waals surface area (Å²) in [5.41, 5.74) is 0. The Hall–Kier alpha value is -0.0500. The van der Waals surface area contributed by atoms with Crippen molar-refractivity contribution >= 4 is 21.9 Å². The third-order valence-electron chi connectivity index (χ3n) is 3.53. The number of ether oxygens (including phenoxy) is 1. The van der Waals surface area contributed by atoms with Gasteiger partial charge in [0.25, 0.3) is 0 Å². The van der Waals surface area contributed by atoms with Gasteiger partial charge in [-0.1, -0.05) is 80.6 Å². The van der Waals surface area contributed by atoms with Gasteiger partial charge in [0.2, 0.25) is 0 Å². The maximum Gasteiger partial charge on any atom is 0.305 e.